The summed E-state index contributed by atoms with van der Waals surface area (Å²) in [6.07, 6.45) is 1.46. The quantitative estimate of drug-likeness (QED) is 0.858. The minimum Gasteiger partial charge on any atom is -0.465 e. The Kier molecular flexibility index (Phi) is 5.02. The van der Waals surface area contributed by atoms with Gasteiger partial charge in [-0.2, -0.15) is 0 Å². The number of carbonyl (C=O) groups excluding carboxylic acids is 3. The third kappa shape index (κ3) is 3.59. The molecular formula is C20H20N2O4. The van der Waals surface area contributed by atoms with E-state index in [9.17, 15) is 14.4 Å². The van der Waals surface area contributed by atoms with Crippen LogP contribution in [0, 0.1) is 6.92 Å². The van der Waals surface area contributed by atoms with Crippen molar-refractivity contribution in [3.63, 3.8) is 0 Å². The lowest BCUT2D eigenvalue weighted by Gasteiger charge is -2.19. The Morgan fingerprint density at radius 3 is 2.35 bits per heavy atom. The summed E-state index contributed by atoms with van der Waals surface area (Å²) in [6, 6.07) is 11.7. The number of methoxy groups -OCH3 is 1. The van der Waals surface area contributed by atoms with Crippen molar-refractivity contribution in [3.8, 4) is 0 Å². The molecule has 1 aliphatic rings. The first-order chi connectivity index (χ1) is 12.5. The average molecular weight is 352 g/mol. The molecule has 0 spiro atoms. The molecule has 134 valence electrons. The molecule has 2 aromatic carbocycles. The van der Waals surface area contributed by atoms with Crippen LogP contribution in [0.4, 0.5) is 11.4 Å². The first-order valence-corrected chi connectivity index (χ1v) is 8.40. The summed E-state index contributed by atoms with van der Waals surface area (Å²) in [4.78, 5) is 37.5. The number of nitrogens with zero attached hydrogens (tertiary/aromatic N) is 1. The molecular weight excluding hydrogens is 332 g/mol. The van der Waals surface area contributed by atoms with Crippen molar-refractivity contribution in [3.05, 3.63) is 59.2 Å². The van der Waals surface area contributed by atoms with Crippen molar-refractivity contribution in [1.29, 1.82) is 0 Å². The van der Waals surface area contributed by atoms with E-state index in [1.807, 2.05) is 19.1 Å². The molecule has 0 saturated carbocycles. The Morgan fingerprint density at radius 1 is 1.08 bits per heavy atom. The number of anilines is 2. The Morgan fingerprint density at radius 2 is 1.77 bits per heavy atom. The van der Waals surface area contributed by atoms with Gasteiger partial charge in [-0.25, -0.2) is 4.79 Å². The maximum atomic E-state index is 12.4. The molecule has 6 nitrogen and oxygen atoms in total. The van der Waals surface area contributed by atoms with Crippen LogP contribution in [0.2, 0.25) is 0 Å². The highest BCUT2D eigenvalue weighted by Crippen LogP contribution is 2.27. The molecule has 1 fully saturated rings. The van der Waals surface area contributed by atoms with Crippen molar-refractivity contribution >= 4 is 29.2 Å². The monoisotopic (exact) mass is 352 g/mol. The summed E-state index contributed by atoms with van der Waals surface area (Å²) in [5.41, 5.74) is 3.29. The SMILES string of the molecule is COC(=O)c1ccc(C(=O)Nc2ccc(N3CCCC3=O)c(C)c2)cc1. The third-order valence-corrected chi connectivity index (χ3v) is 4.39. The number of ether oxygens (including phenoxy) is 1. The second-order valence-electron chi connectivity index (χ2n) is 6.17. The molecule has 0 unspecified atom stereocenters. The van der Waals surface area contributed by atoms with Gasteiger partial charge in [0.2, 0.25) is 5.91 Å². The van der Waals surface area contributed by atoms with Gasteiger partial charge < -0.3 is 15.0 Å². The van der Waals surface area contributed by atoms with E-state index in [1.54, 1.807) is 35.2 Å². The van der Waals surface area contributed by atoms with Crippen LogP contribution in [-0.2, 0) is 9.53 Å². The third-order valence-electron chi connectivity index (χ3n) is 4.39. The van der Waals surface area contributed by atoms with Gasteiger partial charge in [-0.1, -0.05) is 0 Å². The molecule has 1 N–H and O–H groups in total. The van der Waals surface area contributed by atoms with Gasteiger partial charge in [0.05, 0.1) is 12.7 Å². The number of nitrogens with one attached hydrogen (secondary N) is 1. The van der Waals surface area contributed by atoms with Crippen molar-refractivity contribution in [2.75, 3.05) is 23.9 Å². The molecule has 2 amide bonds. The van der Waals surface area contributed by atoms with Crippen LogP contribution in [0.25, 0.3) is 0 Å². The number of rotatable bonds is 4. The molecule has 0 aromatic heterocycles. The number of carbonyl (C=O) groups is 3. The molecule has 0 aliphatic carbocycles. The van der Waals surface area contributed by atoms with Crippen LogP contribution in [0.3, 0.4) is 0 Å². The number of hydrogen-bond acceptors (Lipinski definition) is 4. The second-order valence-corrected chi connectivity index (χ2v) is 6.17. The van der Waals surface area contributed by atoms with E-state index >= 15 is 0 Å². The molecule has 0 atom stereocenters. The number of aryl methyl sites for hydroxylation is 1. The van der Waals surface area contributed by atoms with Crippen LogP contribution in [-0.4, -0.2) is 31.4 Å². The number of hydrogen-bond donors (Lipinski definition) is 1. The highest BCUT2D eigenvalue weighted by Gasteiger charge is 2.23. The van der Waals surface area contributed by atoms with E-state index < -0.39 is 5.97 Å². The molecule has 26 heavy (non-hydrogen) atoms. The topological polar surface area (TPSA) is 75.7 Å². The fourth-order valence-electron chi connectivity index (χ4n) is 3.02. The highest BCUT2D eigenvalue weighted by molar-refractivity contribution is 6.05. The zero-order chi connectivity index (χ0) is 18.7. The Balaban J connectivity index is 1.72. The Labute approximate surface area is 151 Å². The van der Waals surface area contributed by atoms with E-state index in [-0.39, 0.29) is 11.8 Å². The van der Waals surface area contributed by atoms with E-state index in [2.05, 4.69) is 10.1 Å². The zero-order valence-electron chi connectivity index (χ0n) is 14.7. The lowest BCUT2D eigenvalue weighted by atomic mass is 10.1. The molecule has 1 saturated heterocycles. The zero-order valence-corrected chi connectivity index (χ0v) is 14.7. The molecule has 2 aromatic rings. The lowest BCUT2D eigenvalue weighted by molar-refractivity contribution is -0.117. The Hall–Kier alpha value is -3.15. The summed E-state index contributed by atoms with van der Waals surface area (Å²) in [5.74, 6) is -0.582. The van der Waals surface area contributed by atoms with E-state index in [1.165, 1.54) is 7.11 Å². The van der Waals surface area contributed by atoms with Crippen molar-refractivity contribution in [2.45, 2.75) is 19.8 Å². The molecule has 3 rings (SSSR count). The molecule has 1 aliphatic heterocycles. The van der Waals surface area contributed by atoms with Crippen LogP contribution in [0.15, 0.2) is 42.5 Å². The molecule has 0 radical (unpaired) electrons. The molecule has 6 heteroatoms. The summed E-state index contributed by atoms with van der Waals surface area (Å²) >= 11 is 0. The van der Waals surface area contributed by atoms with Gasteiger partial charge in [-0.05, 0) is 61.4 Å². The van der Waals surface area contributed by atoms with Gasteiger partial charge in [0.1, 0.15) is 0 Å². The fraction of sp³-hybridized carbons (Fsp3) is 0.250. The van der Waals surface area contributed by atoms with Gasteiger partial charge in [0.25, 0.3) is 5.91 Å². The standard InChI is InChI=1S/C20H20N2O4/c1-13-12-16(9-10-17(13)22-11-3-4-18(22)23)21-19(24)14-5-7-15(8-6-14)20(25)26-2/h5-10,12H,3-4,11H2,1-2H3,(H,21,24). The molecule has 0 bridgehead atoms. The van der Waals surface area contributed by atoms with E-state index in [0.29, 0.717) is 23.2 Å². The smallest absolute Gasteiger partial charge is 0.337 e. The first kappa shape index (κ1) is 17.7. The first-order valence-electron chi connectivity index (χ1n) is 8.40. The van der Waals surface area contributed by atoms with Gasteiger partial charge in [0, 0.05) is 29.9 Å². The minimum atomic E-state index is -0.445. The van der Waals surface area contributed by atoms with E-state index in [0.717, 1.165) is 24.2 Å². The average Bonchev–Trinajstić information content (AvgIpc) is 3.07. The number of benzene rings is 2. The summed E-state index contributed by atoms with van der Waals surface area (Å²) in [5, 5.41) is 2.83. The van der Waals surface area contributed by atoms with Crippen molar-refractivity contribution < 1.29 is 19.1 Å². The van der Waals surface area contributed by atoms with Crippen LogP contribution in [0.1, 0.15) is 39.1 Å². The maximum absolute atomic E-state index is 12.4. The van der Waals surface area contributed by atoms with Crippen LogP contribution < -0.4 is 10.2 Å². The van der Waals surface area contributed by atoms with Crippen molar-refractivity contribution in [2.24, 2.45) is 0 Å². The fourth-order valence-corrected chi connectivity index (χ4v) is 3.02. The highest BCUT2D eigenvalue weighted by atomic mass is 16.5. The van der Waals surface area contributed by atoms with Gasteiger partial charge >= 0.3 is 5.97 Å². The van der Waals surface area contributed by atoms with Crippen molar-refractivity contribution in [1.82, 2.24) is 0 Å². The van der Waals surface area contributed by atoms with Gasteiger partial charge in [-0.15, -0.1) is 0 Å². The number of amides is 2. The minimum absolute atomic E-state index is 0.135. The van der Waals surface area contributed by atoms with E-state index in [4.69, 9.17) is 0 Å². The predicted octanol–water partition coefficient (Wildman–Crippen LogP) is 3.16. The largest absolute Gasteiger partial charge is 0.465 e. The summed E-state index contributed by atoms with van der Waals surface area (Å²) < 4.78 is 4.64. The maximum Gasteiger partial charge on any atom is 0.337 e. The summed E-state index contributed by atoms with van der Waals surface area (Å²) in [7, 11) is 1.31. The predicted molar refractivity (Wildman–Crippen MR) is 98.5 cm³/mol. The lowest BCUT2D eigenvalue weighted by Crippen LogP contribution is -2.24. The number of esters is 1. The van der Waals surface area contributed by atoms with Gasteiger partial charge in [-0.3, -0.25) is 9.59 Å². The molecule has 1 heterocycles. The van der Waals surface area contributed by atoms with Gasteiger partial charge in [0.15, 0.2) is 0 Å². The van der Waals surface area contributed by atoms with Crippen LogP contribution >= 0.6 is 0 Å². The van der Waals surface area contributed by atoms with Crippen LogP contribution in [0.5, 0.6) is 0 Å². The summed E-state index contributed by atoms with van der Waals surface area (Å²) in [6.45, 7) is 2.65. The Bertz CT molecular complexity index is 859. The normalized spacial score (nSPS) is 13.6. The second kappa shape index (κ2) is 7.39.